The lowest BCUT2D eigenvalue weighted by atomic mass is 9.89. The van der Waals surface area contributed by atoms with Gasteiger partial charge in [0.1, 0.15) is 0 Å². The minimum atomic E-state index is 0.0302. The highest BCUT2D eigenvalue weighted by Gasteiger charge is 2.27. The van der Waals surface area contributed by atoms with Crippen molar-refractivity contribution in [1.82, 2.24) is 15.6 Å². The van der Waals surface area contributed by atoms with E-state index in [1.807, 2.05) is 12.1 Å². The SMILES string of the molecule is O=C(NCCCc1ccccc1)c1ccc2[nH]c3c(c2c1)CCCC3NC1CCCCC1. The number of nitrogens with one attached hydrogen (secondary N) is 3. The number of aryl methyl sites for hydroxylation is 2. The molecular formula is C28H35N3O. The van der Waals surface area contributed by atoms with E-state index in [1.165, 1.54) is 67.2 Å². The van der Waals surface area contributed by atoms with Gasteiger partial charge in [0, 0.05) is 40.8 Å². The quantitative estimate of drug-likeness (QED) is 0.414. The van der Waals surface area contributed by atoms with E-state index in [0.717, 1.165) is 30.3 Å². The zero-order valence-corrected chi connectivity index (χ0v) is 19.0. The molecule has 1 aromatic heterocycles. The summed E-state index contributed by atoms with van der Waals surface area (Å²) in [6.07, 6.45) is 12.2. The van der Waals surface area contributed by atoms with Crippen LogP contribution in [0, 0.1) is 0 Å². The average molecular weight is 430 g/mol. The maximum Gasteiger partial charge on any atom is 0.251 e. The number of carbonyl (C=O) groups excluding carboxylic acids is 1. The number of hydrogen-bond donors (Lipinski definition) is 3. The molecule has 0 aliphatic heterocycles. The molecule has 1 atom stereocenters. The Morgan fingerprint density at radius 1 is 0.969 bits per heavy atom. The molecule has 1 fully saturated rings. The smallest absolute Gasteiger partial charge is 0.251 e. The molecule has 5 rings (SSSR count). The van der Waals surface area contributed by atoms with Gasteiger partial charge in [0.15, 0.2) is 0 Å². The van der Waals surface area contributed by atoms with Crippen LogP contribution in [-0.4, -0.2) is 23.5 Å². The van der Waals surface area contributed by atoms with Gasteiger partial charge in [0.05, 0.1) is 0 Å². The number of rotatable bonds is 7. The summed E-state index contributed by atoms with van der Waals surface area (Å²) in [6, 6.07) is 17.7. The van der Waals surface area contributed by atoms with Crippen LogP contribution in [0.15, 0.2) is 48.5 Å². The van der Waals surface area contributed by atoms with E-state index in [4.69, 9.17) is 0 Å². The fraction of sp³-hybridized carbons (Fsp3) is 0.464. The number of amides is 1. The van der Waals surface area contributed by atoms with Gasteiger partial charge in [-0.1, -0.05) is 49.6 Å². The predicted octanol–water partition coefficient (Wildman–Crippen LogP) is 5.83. The zero-order chi connectivity index (χ0) is 21.8. The van der Waals surface area contributed by atoms with Crippen molar-refractivity contribution in [2.45, 2.75) is 76.3 Å². The van der Waals surface area contributed by atoms with Crippen molar-refractivity contribution in [3.8, 4) is 0 Å². The summed E-state index contributed by atoms with van der Waals surface area (Å²) in [5.74, 6) is 0.0302. The molecule has 1 unspecified atom stereocenters. The molecule has 168 valence electrons. The number of fused-ring (bicyclic) bond motifs is 3. The lowest BCUT2D eigenvalue weighted by Crippen LogP contribution is -2.36. The lowest BCUT2D eigenvalue weighted by Gasteiger charge is -2.31. The number of aromatic amines is 1. The Kier molecular flexibility index (Phi) is 6.59. The molecule has 0 spiro atoms. The summed E-state index contributed by atoms with van der Waals surface area (Å²) in [5.41, 5.74) is 6.02. The van der Waals surface area contributed by atoms with Crippen LogP contribution in [-0.2, 0) is 12.8 Å². The molecule has 3 aromatic rings. The minimum Gasteiger partial charge on any atom is -0.357 e. The zero-order valence-electron chi connectivity index (χ0n) is 19.0. The first kappa shape index (κ1) is 21.3. The summed E-state index contributed by atoms with van der Waals surface area (Å²) in [6.45, 7) is 0.699. The molecule has 3 N–H and O–H groups in total. The van der Waals surface area contributed by atoms with Crippen molar-refractivity contribution in [3.63, 3.8) is 0 Å². The molecular weight excluding hydrogens is 394 g/mol. The van der Waals surface area contributed by atoms with E-state index in [-0.39, 0.29) is 5.91 Å². The Morgan fingerprint density at radius 3 is 2.66 bits per heavy atom. The van der Waals surface area contributed by atoms with Crippen LogP contribution in [0.5, 0.6) is 0 Å². The molecule has 2 aliphatic carbocycles. The largest absolute Gasteiger partial charge is 0.357 e. The van der Waals surface area contributed by atoms with E-state index in [2.05, 4.69) is 52.0 Å². The first-order chi connectivity index (χ1) is 15.8. The van der Waals surface area contributed by atoms with Gasteiger partial charge in [0.2, 0.25) is 0 Å². The van der Waals surface area contributed by atoms with Gasteiger partial charge in [-0.05, 0) is 74.3 Å². The van der Waals surface area contributed by atoms with Gasteiger partial charge in [-0.2, -0.15) is 0 Å². The van der Waals surface area contributed by atoms with Gasteiger partial charge in [0.25, 0.3) is 5.91 Å². The van der Waals surface area contributed by atoms with Crippen LogP contribution in [0.25, 0.3) is 10.9 Å². The van der Waals surface area contributed by atoms with E-state index >= 15 is 0 Å². The van der Waals surface area contributed by atoms with E-state index in [1.54, 1.807) is 0 Å². The van der Waals surface area contributed by atoms with Gasteiger partial charge >= 0.3 is 0 Å². The van der Waals surface area contributed by atoms with Crippen LogP contribution in [0.3, 0.4) is 0 Å². The van der Waals surface area contributed by atoms with Gasteiger partial charge < -0.3 is 15.6 Å². The van der Waals surface area contributed by atoms with Crippen molar-refractivity contribution in [2.24, 2.45) is 0 Å². The Morgan fingerprint density at radius 2 is 1.81 bits per heavy atom. The van der Waals surface area contributed by atoms with Crippen molar-refractivity contribution < 1.29 is 4.79 Å². The third-order valence-corrected chi connectivity index (χ3v) is 7.28. The van der Waals surface area contributed by atoms with Crippen molar-refractivity contribution in [1.29, 1.82) is 0 Å². The summed E-state index contributed by atoms with van der Waals surface area (Å²) >= 11 is 0. The molecule has 32 heavy (non-hydrogen) atoms. The lowest BCUT2D eigenvalue weighted by molar-refractivity contribution is 0.0953. The topological polar surface area (TPSA) is 56.9 Å². The fourth-order valence-electron chi connectivity index (χ4n) is 5.57. The van der Waals surface area contributed by atoms with E-state index < -0.39 is 0 Å². The molecule has 0 saturated heterocycles. The van der Waals surface area contributed by atoms with Crippen LogP contribution >= 0.6 is 0 Å². The Hall–Kier alpha value is -2.59. The molecule has 2 aromatic carbocycles. The predicted molar refractivity (Wildman–Crippen MR) is 131 cm³/mol. The first-order valence-corrected chi connectivity index (χ1v) is 12.5. The summed E-state index contributed by atoms with van der Waals surface area (Å²) < 4.78 is 0. The van der Waals surface area contributed by atoms with Crippen molar-refractivity contribution >= 4 is 16.8 Å². The Bertz CT molecular complexity index is 1050. The van der Waals surface area contributed by atoms with Crippen LogP contribution in [0.4, 0.5) is 0 Å². The van der Waals surface area contributed by atoms with E-state index in [0.29, 0.717) is 18.6 Å². The maximum atomic E-state index is 12.8. The van der Waals surface area contributed by atoms with Crippen molar-refractivity contribution in [2.75, 3.05) is 6.54 Å². The maximum absolute atomic E-state index is 12.8. The van der Waals surface area contributed by atoms with Gasteiger partial charge in [-0.15, -0.1) is 0 Å². The van der Waals surface area contributed by atoms with Crippen LogP contribution in [0.2, 0.25) is 0 Å². The number of hydrogen-bond acceptors (Lipinski definition) is 2. The van der Waals surface area contributed by atoms with Crippen LogP contribution < -0.4 is 10.6 Å². The second kappa shape index (κ2) is 9.91. The highest BCUT2D eigenvalue weighted by atomic mass is 16.1. The third kappa shape index (κ3) is 4.75. The number of benzene rings is 2. The van der Waals surface area contributed by atoms with E-state index in [9.17, 15) is 4.79 Å². The molecule has 2 aliphatic rings. The molecule has 1 amide bonds. The second-order valence-electron chi connectivity index (χ2n) is 9.57. The fourth-order valence-corrected chi connectivity index (χ4v) is 5.57. The number of H-pyrrole nitrogens is 1. The molecule has 1 heterocycles. The highest BCUT2D eigenvalue weighted by molar-refractivity contribution is 5.99. The second-order valence-corrected chi connectivity index (χ2v) is 9.57. The standard InChI is InChI=1S/C28H35N3O/c32-28(29-18-8-11-20-9-3-1-4-10-20)21-16-17-25-24(19-21)23-14-7-15-26(27(23)31-25)30-22-12-5-2-6-13-22/h1,3-4,9-10,16-17,19,22,26,30-31H,2,5-8,11-15,18H2,(H,29,32). The minimum absolute atomic E-state index is 0.0302. The molecule has 4 nitrogen and oxygen atoms in total. The molecule has 0 radical (unpaired) electrons. The first-order valence-electron chi connectivity index (χ1n) is 12.5. The summed E-state index contributed by atoms with van der Waals surface area (Å²) in [4.78, 5) is 16.5. The van der Waals surface area contributed by atoms with Crippen LogP contribution in [0.1, 0.15) is 84.6 Å². The van der Waals surface area contributed by atoms with Crippen molar-refractivity contribution in [3.05, 3.63) is 70.9 Å². The average Bonchev–Trinajstić information content (AvgIpc) is 3.22. The molecule has 0 bridgehead atoms. The number of carbonyl (C=O) groups is 1. The Labute approximate surface area is 191 Å². The monoisotopic (exact) mass is 429 g/mol. The molecule has 4 heteroatoms. The Balaban J connectivity index is 1.25. The van der Waals surface area contributed by atoms with Gasteiger partial charge in [-0.25, -0.2) is 0 Å². The third-order valence-electron chi connectivity index (χ3n) is 7.28. The highest BCUT2D eigenvalue weighted by Crippen LogP contribution is 2.36. The number of aromatic nitrogens is 1. The van der Waals surface area contributed by atoms with Gasteiger partial charge in [-0.3, -0.25) is 4.79 Å². The summed E-state index contributed by atoms with van der Waals surface area (Å²) in [7, 11) is 0. The normalized spacial score (nSPS) is 19.1. The molecule has 1 saturated carbocycles. The summed E-state index contributed by atoms with van der Waals surface area (Å²) in [5, 5.41) is 8.29.